The average molecular weight is 539 g/mol. The molecule has 1 aliphatic rings. The Balaban J connectivity index is 1.56. The maximum absolute atomic E-state index is 14.7. The van der Waals surface area contributed by atoms with Gasteiger partial charge >= 0.3 is 0 Å². The molecular formula is C26H24F2N6O3S. The van der Waals surface area contributed by atoms with Crippen molar-refractivity contribution in [1.82, 2.24) is 18.9 Å². The number of hydrogen-bond acceptors (Lipinski definition) is 8. The molecule has 5 rings (SSSR count). The van der Waals surface area contributed by atoms with Crippen LogP contribution >= 0.6 is 0 Å². The van der Waals surface area contributed by atoms with Crippen LogP contribution in [-0.2, 0) is 10.0 Å². The molecule has 1 fully saturated rings. The van der Waals surface area contributed by atoms with E-state index < -0.39 is 27.3 Å². The summed E-state index contributed by atoms with van der Waals surface area (Å²) in [5.74, 6) is -1.62. The predicted molar refractivity (Wildman–Crippen MR) is 135 cm³/mol. The molecule has 1 saturated carbocycles. The fraction of sp³-hybridized carbons (Fsp3) is 0.308. The van der Waals surface area contributed by atoms with Crippen molar-refractivity contribution in [2.45, 2.75) is 55.6 Å². The molecule has 0 bridgehead atoms. The highest BCUT2D eigenvalue weighted by atomic mass is 32.2. The van der Waals surface area contributed by atoms with E-state index in [2.05, 4.69) is 20.3 Å². The minimum Gasteiger partial charge on any atom is -0.389 e. The van der Waals surface area contributed by atoms with Crippen molar-refractivity contribution in [2.24, 2.45) is 0 Å². The van der Waals surface area contributed by atoms with E-state index in [1.54, 1.807) is 12.1 Å². The number of pyridine rings is 1. The molecule has 9 nitrogen and oxygen atoms in total. The van der Waals surface area contributed by atoms with E-state index >= 15 is 0 Å². The van der Waals surface area contributed by atoms with Gasteiger partial charge < -0.3 is 10.4 Å². The summed E-state index contributed by atoms with van der Waals surface area (Å²) in [7, 11) is -4.11. The molecule has 2 N–H and O–H groups in total. The number of nitrogens with one attached hydrogen (secondary N) is 1. The molecule has 0 spiro atoms. The van der Waals surface area contributed by atoms with E-state index in [9.17, 15) is 22.3 Å². The summed E-state index contributed by atoms with van der Waals surface area (Å²) >= 11 is 0. The molecular weight excluding hydrogens is 514 g/mol. The van der Waals surface area contributed by atoms with Crippen LogP contribution in [0.15, 0.2) is 53.8 Å². The standard InChI is InChI=1S/C26H24F2N6O3S/c1-16-4-6-19(7-5-16)38(36,37)34-15-21(20-11-17(27)13-31-25(20)34)23-30-14-22(28)24(33-23)32-18-3-2-8-26(35,12-18)9-10-29/h4-7,11,13-15,18,35H,2-3,8-9,12H2,1H3,(H,30,32,33)/t18-,26?/m0/s1. The molecule has 38 heavy (non-hydrogen) atoms. The Labute approximate surface area is 217 Å². The lowest BCUT2D eigenvalue weighted by Gasteiger charge is -2.35. The van der Waals surface area contributed by atoms with Gasteiger partial charge in [-0.3, -0.25) is 0 Å². The molecule has 12 heteroatoms. The van der Waals surface area contributed by atoms with Gasteiger partial charge in [-0.05, 0) is 50.8 Å². The number of nitriles is 1. The molecule has 0 radical (unpaired) electrons. The number of nitrogens with zero attached hydrogens (tertiary/aromatic N) is 5. The van der Waals surface area contributed by atoms with Crippen molar-refractivity contribution in [1.29, 1.82) is 5.26 Å². The molecule has 1 aromatic carbocycles. The largest absolute Gasteiger partial charge is 0.389 e. The fourth-order valence-corrected chi connectivity index (χ4v) is 6.13. The van der Waals surface area contributed by atoms with Crippen molar-refractivity contribution in [3.05, 3.63) is 66.1 Å². The van der Waals surface area contributed by atoms with E-state index in [-0.39, 0.29) is 52.0 Å². The third-order valence-corrected chi connectivity index (χ3v) is 8.38. The van der Waals surface area contributed by atoms with Gasteiger partial charge in [-0.25, -0.2) is 36.1 Å². The number of aryl methyl sites for hydroxylation is 1. The SMILES string of the molecule is Cc1ccc(S(=O)(=O)n2cc(-c3ncc(F)c(N[C@H]4CCCC(O)(CC#N)C4)n3)c3cc(F)cnc32)cc1. The Kier molecular flexibility index (Phi) is 6.58. The summed E-state index contributed by atoms with van der Waals surface area (Å²) in [5, 5.41) is 22.8. The van der Waals surface area contributed by atoms with Crippen LogP contribution in [0.5, 0.6) is 0 Å². The number of fused-ring (bicyclic) bond motifs is 1. The summed E-state index contributed by atoms with van der Waals surface area (Å²) in [5.41, 5.74) is -0.169. The summed E-state index contributed by atoms with van der Waals surface area (Å²) in [6, 6.07) is 9.03. The number of halogens is 2. The molecule has 0 aliphatic heterocycles. The molecule has 196 valence electrons. The van der Waals surface area contributed by atoms with Crippen molar-refractivity contribution in [2.75, 3.05) is 5.32 Å². The van der Waals surface area contributed by atoms with E-state index in [4.69, 9.17) is 5.26 Å². The van der Waals surface area contributed by atoms with Crippen LogP contribution < -0.4 is 5.32 Å². The second-order valence-corrected chi connectivity index (χ2v) is 11.4. The van der Waals surface area contributed by atoms with Gasteiger partial charge in [0.15, 0.2) is 23.1 Å². The van der Waals surface area contributed by atoms with Gasteiger partial charge in [0.25, 0.3) is 10.0 Å². The first kappa shape index (κ1) is 25.7. The van der Waals surface area contributed by atoms with E-state index in [0.29, 0.717) is 19.3 Å². The number of hydrogen-bond donors (Lipinski definition) is 2. The third-order valence-electron chi connectivity index (χ3n) is 6.71. The number of aromatic nitrogens is 4. The van der Waals surface area contributed by atoms with Gasteiger partial charge in [-0.15, -0.1) is 0 Å². The van der Waals surface area contributed by atoms with Crippen LogP contribution in [0.25, 0.3) is 22.4 Å². The molecule has 0 saturated heterocycles. The molecule has 1 aliphatic carbocycles. The van der Waals surface area contributed by atoms with Crippen molar-refractivity contribution in [3.63, 3.8) is 0 Å². The maximum Gasteiger partial charge on any atom is 0.269 e. The predicted octanol–water partition coefficient (Wildman–Crippen LogP) is 4.32. The Morgan fingerprint density at radius 3 is 2.74 bits per heavy atom. The first-order valence-corrected chi connectivity index (χ1v) is 13.4. The molecule has 2 atom stereocenters. The lowest BCUT2D eigenvalue weighted by molar-refractivity contribution is 0.00444. The highest BCUT2D eigenvalue weighted by Gasteiger charge is 2.35. The van der Waals surface area contributed by atoms with Gasteiger partial charge in [0.1, 0.15) is 5.82 Å². The van der Waals surface area contributed by atoms with Gasteiger partial charge in [0.2, 0.25) is 0 Å². The van der Waals surface area contributed by atoms with Gasteiger partial charge in [0, 0.05) is 23.2 Å². The monoisotopic (exact) mass is 538 g/mol. The van der Waals surface area contributed by atoms with E-state index in [1.165, 1.54) is 18.3 Å². The van der Waals surface area contributed by atoms with Crippen LogP contribution in [0.2, 0.25) is 0 Å². The zero-order valence-corrected chi connectivity index (χ0v) is 21.2. The third kappa shape index (κ3) is 4.82. The Bertz CT molecular complexity index is 1670. The van der Waals surface area contributed by atoms with E-state index in [0.717, 1.165) is 28.0 Å². The maximum atomic E-state index is 14.7. The second kappa shape index (κ2) is 9.74. The lowest BCUT2D eigenvalue weighted by atomic mass is 9.80. The molecule has 3 heterocycles. The quantitative estimate of drug-likeness (QED) is 0.371. The van der Waals surface area contributed by atoms with Crippen molar-refractivity contribution in [3.8, 4) is 17.5 Å². The highest BCUT2D eigenvalue weighted by molar-refractivity contribution is 7.90. The summed E-state index contributed by atoms with van der Waals surface area (Å²) < 4.78 is 56.8. The Morgan fingerprint density at radius 1 is 1.24 bits per heavy atom. The van der Waals surface area contributed by atoms with Crippen LogP contribution in [0.4, 0.5) is 14.6 Å². The smallest absolute Gasteiger partial charge is 0.269 e. The normalized spacial score (nSPS) is 19.8. The Morgan fingerprint density at radius 2 is 2.00 bits per heavy atom. The number of aliphatic hydroxyl groups is 1. The van der Waals surface area contributed by atoms with Crippen LogP contribution in [-0.4, -0.2) is 44.1 Å². The highest BCUT2D eigenvalue weighted by Crippen LogP contribution is 2.34. The zero-order chi connectivity index (χ0) is 27.1. The number of benzene rings is 1. The fourth-order valence-electron chi connectivity index (χ4n) is 4.80. The van der Waals surface area contributed by atoms with Crippen LogP contribution in [0.1, 0.15) is 37.7 Å². The average Bonchev–Trinajstić information content (AvgIpc) is 3.25. The minimum atomic E-state index is -4.11. The van der Waals surface area contributed by atoms with Crippen molar-refractivity contribution >= 4 is 26.9 Å². The molecule has 0 amide bonds. The van der Waals surface area contributed by atoms with Crippen LogP contribution in [0.3, 0.4) is 0 Å². The molecule has 4 aromatic rings. The molecule has 1 unspecified atom stereocenters. The summed E-state index contributed by atoms with van der Waals surface area (Å²) in [4.78, 5) is 12.4. The lowest BCUT2D eigenvalue weighted by Crippen LogP contribution is -2.40. The van der Waals surface area contributed by atoms with E-state index in [1.807, 2.05) is 13.0 Å². The number of anilines is 1. The minimum absolute atomic E-state index is 0.0159. The van der Waals surface area contributed by atoms with Gasteiger partial charge in [-0.2, -0.15) is 5.26 Å². The van der Waals surface area contributed by atoms with Crippen LogP contribution in [0, 0.1) is 29.9 Å². The van der Waals surface area contributed by atoms with Crippen molar-refractivity contribution < 1.29 is 22.3 Å². The van der Waals surface area contributed by atoms with Gasteiger partial charge in [-0.1, -0.05) is 17.7 Å². The molecule has 3 aromatic heterocycles. The summed E-state index contributed by atoms with van der Waals surface area (Å²) in [6.07, 6.45) is 5.06. The Hall–Kier alpha value is -3.95. The number of rotatable bonds is 6. The zero-order valence-electron chi connectivity index (χ0n) is 20.4. The first-order chi connectivity index (χ1) is 18.1. The topological polar surface area (TPSA) is 134 Å². The second-order valence-electron chi connectivity index (χ2n) is 9.57. The first-order valence-electron chi connectivity index (χ1n) is 12.0. The summed E-state index contributed by atoms with van der Waals surface area (Å²) in [6.45, 7) is 1.83. The van der Waals surface area contributed by atoms with Gasteiger partial charge in [0.05, 0.1) is 35.4 Å².